The maximum absolute atomic E-state index is 12.0. The molecule has 0 aliphatic heterocycles. The van der Waals surface area contributed by atoms with Gasteiger partial charge in [0.25, 0.3) is 0 Å². The van der Waals surface area contributed by atoms with E-state index in [0.717, 1.165) is 35.2 Å². The van der Waals surface area contributed by atoms with Crippen LogP contribution in [0.1, 0.15) is 32.8 Å². The maximum atomic E-state index is 12.0. The second kappa shape index (κ2) is 10.4. The fraction of sp³-hybridized carbons (Fsp3) is 0.391. The van der Waals surface area contributed by atoms with Crippen LogP contribution >= 0.6 is 11.6 Å². The number of benzene rings is 1. The van der Waals surface area contributed by atoms with Gasteiger partial charge in [-0.1, -0.05) is 11.6 Å². The van der Waals surface area contributed by atoms with Gasteiger partial charge in [-0.3, -0.25) is 9.78 Å². The highest BCUT2D eigenvalue weighted by atomic mass is 35.5. The van der Waals surface area contributed by atoms with Crippen LogP contribution in [0.5, 0.6) is 5.75 Å². The number of pyridine rings is 1. The Morgan fingerprint density at radius 3 is 2.55 bits per heavy atom. The van der Waals surface area contributed by atoms with Gasteiger partial charge in [0.15, 0.2) is 0 Å². The second-order valence-corrected chi connectivity index (χ2v) is 7.35. The first-order chi connectivity index (χ1) is 15.0. The van der Waals surface area contributed by atoms with Crippen molar-refractivity contribution in [3.8, 4) is 16.9 Å². The average molecular weight is 443 g/mol. The van der Waals surface area contributed by atoms with Crippen molar-refractivity contribution < 1.29 is 14.3 Å². The Labute approximate surface area is 187 Å². The zero-order valence-corrected chi connectivity index (χ0v) is 19.1. The van der Waals surface area contributed by atoms with Crippen LogP contribution in [0.3, 0.4) is 0 Å². The van der Waals surface area contributed by atoms with Crippen LogP contribution in [0, 0.1) is 0 Å². The summed E-state index contributed by atoms with van der Waals surface area (Å²) in [5, 5.41) is 1.37. The number of nitrogens with zero attached hydrogens (tertiary/aromatic N) is 4. The Balaban J connectivity index is 2.22. The van der Waals surface area contributed by atoms with Gasteiger partial charge in [-0.2, -0.15) is 0 Å². The molecule has 0 aliphatic rings. The number of anilines is 1. The van der Waals surface area contributed by atoms with Crippen LogP contribution in [-0.4, -0.2) is 47.7 Å². The van der Waals surface area contributed by atoms with Gasteiger partial charge < -0.3 is 14.4 Å². The number of ether oxygens (including phenoxy) is 2. The highest BCUT2D eigenvalue weighted by Gasteiger charge is 2.19. The third-order valence-corrected chi connectivity index (χ3v) is 5.27. The van der Waals surface area contributed by atoms with Crippen molar-refractivity contribution in [1.29, 1.82) is 0 Å². The van der Waals surface area contributed by atoms with Gasteiger partial charge in [-0.05, 0) is 50.5 Å². The number of rotatable bonds is 9. The Kier molecular flexibility index (Phi) is 7.63. The van der Waals surface area contributed by atoms with Crippen LogP contribution in [-0.2, 0) is 16.0 Å². The zero-order chi connectivity index (χ0) is 22.4. The quantitative estimate of drug-likeness (QED) is 0.444. The van der Waals surface area contributed by atoms with Crippen molar-refractivity contribution in [3.63, 3.8) is 0 Å². The average Bonchev–Trinajstić information content (AvgIpc) is 2.77. The van der Waals surface area contributed by atoms with E-state index in [1.807, 2.05) is 18.3 Å². The predicted molar refractivity (Wildman–Crippen MR) is 123 cm³/mol. The number of halogens is 1. The van der Waals surface area contributed by atoms with Crippen LogP contribution in [0.2, 0.25) is 5.02 Å². The SMILES string of the molecule is CCOC(=O)CCc1cc(-c2cncc(Cl)c2)c2cnc(N(CC)CC)nc2c1OC. The highest BCUT2D eigenvalue weighted by molar-refractivity contribution is 6.30. The molecule has 2 heterocycles. The number of aromatic nitrogens is 3. The number of aryl methyl sites for hydroxylation is 1. The normalized spacial score (nSPS) is 10.9. The van der Waals surface area contributed by atoms with E-state index in [9.17, 15) is 4.79 Å². The third-order valence-electron chi connectivity index (χ3n) is 5.06. The largest absolute Gasteiger partial charge is 0.494 e. The van der Waals surface area contributed by atoms with E-state index in [1.165, 1.54) is 0 Å². The summed E-state index contributed by atoms with van der Waals surface area (Å²) in [5.41, 5.74) is 3.28. The smallest absolute Gasteiger partial charge is 0.306 e. The lowest BCUT2D eigenvalue weighted by atomic mass is 9.96. The molecule has 2 aromatic heterocycles. The molecule has 0 N–H and O–H groups in total. The number of carbonyl (C=O) groups excluding carboxylic acids is 1. The van der Waals surface area contributed by atoms with E-state index in [1.54, 1.807) is 26.4 Å². The summed E-state index contributed by atoms with van der Waals surface area (Å²) >= 11 is 6.20. The fourth-order valence-corrected chi connectivity index (χ4v) is 3.73. The lowest BCUT2D eigenvalue weighted by Crippen LogP contribution is -2.24. The summed E-state index contributed by atoms with van der Waals surface area (Å²) in [7, 11) is 1.61. The highest BCUT2D eigenvalue weighted by Crippen LogP contribution is 2.38. The molecule has 7 nitrogen and oxygen atoms in total. The summed E-state index contributed by atoms with van der Waals surface area (Å²) in [6.07, 6.45) is 5.86. The van der Waals surface area contributed by atoms with Crippen molar-refractivity contribution in [1.82, 2.24) is 15.0 Å². The molecule has 0 spiro atoms. The minimum Gasteiger partial charge on any atom is -0.494 e. The van der Waals surface area contributed by atoms with E-state index >= 15 is 0 Å². The van der Waals surface area contributed by atoms with Gasteiger partial charge in [0.1, 0.15) is 11.3 Å². The zero-order valence-electron chi connectivity index (χ0n) is 18.3. The lowest BCUT2D eigenvalue weighted by Gasteiger charge is -2.20. The summed E-state index contributed by atoms with van der Waals surface area (Å²) in [5.74, 6) is 1.02. The Morgan fingerprint density at radius 1 is 1.13 bits per heavy atom. The molecule has 164 valence electrons. The summed E-state index contributed by atoms with van der Waals surface area (Å²) < 4.78 is 10.9. The standard InChI is InChI=1S/C23H27ClN4O3/c1-5-28(6-2)23-26-14-19-18(16-10-17(24)13-25-12-16)11-15(8-9-20(29)31-7-3)22(30-4)21(19)27-23/h10-14H,5-9H2,1-4H3. The molecule has 3 rings (SSSR count). The summed E-state index contributed by atoms with van der Waals surface area (Å²) in [6.45, 7) is 7.86. The van der Waals surface area contributed by atoms with Gasteiger partial charge in [-0.25, -0.2) is 9.97 Å². The molecule has 8 heteroatoms. The first kappa shape index (κ1) is 22.7. The lowest BCUT2D eigenvalue weighted by molar-refractivity contribution is -0.143. The predicted octanol–water partition coefficient (Wildman–Crippen LogP) is 4.70. The molecule has 0 amide bonds. The molecule has 1 aromatic carbocycles. The van der Waals surface area contributed by atoms with Gasteiger partial charge in [0, 0.05) is 49.1 Å². The number of hydrogen-bond acceptors (Lipinski definition) is 7. The van der Waals surface area contributed by atoms with E-state index in [0.29, 0.717) is 35.3 Å². The molecule has 3 aromatic rings. The molecular formula is C23H27ClN4O3. The van der Waals surface area contributed by atoms with Crippen molar-refractivity contribution in [2.45, 2.75) is 33.6 Å². The van der Waals surface area contributed by atoms with Crippen LogP contribution in [0.25, 0.3) is 22.0 Å². The van der Waals surface area contributed by atoms with Gasteiger partial charge >= 0.3 is 5.97 Å². The van der Waals surface area contributed by atoms with Crippen LogP contribution in [0.15, 0.2) is 30.7 Å². The summed E-state index contributed by atoms with van der Waals surface area (Å²) in [6, 6.07) is 3.84. The molecular weight excluding hydrogens is 416 g/mol. The van der Waals surface area contributed by atoms with Gasteiger partial charge in [0.2, 0.25) is 5.95 Å². The molecule has 0 bridgehead atoms. The van der Waals surface area contributed by atoms with Gasteiger partial charge in [0.05, 0.1) is 18.7 Å². The number of methoxy groups -OCH3 is 1. The molecule has 0 aliphatic carbocycles. The van der Waals surface area contributed by atoms with Crippen molar-refractivity contribution >= 4 is 34.4 Å². The van der Waals surface area contributed by atoms with E-state index in [-0.39, 0.29) is 12.4 Å². The Morgan fingerprint density at radius 2 is 1.90 bits per heavy atom. The number of hydrogen-bond donors (Lipinski definition) is 0. The fourth-order valence-electron chi connectivity index (χ4n) is 3.55. The number of carbonyl (C=O) groups is 1. The second-order valence-electron chi connectivity index (χ2n) is 6.92. The van der Waals surface area contributed by atoms with Crippen LogP contribution < -0.4 is 9.64 Å². The minimum atomic E-state index is -0.248. The number of fused-ring (bicyclic) bond motifs is 1. The maximum Gasteiger partial charge on any atom is 0.306 e. The first-order valence-corrected chi connectivity index (χ1v) is 10.8. The molecule has 0 saturated heterocycles. The summed E-state index contributed by atoms with van der Waals surface area (Å²) in [4.78, 5) is 27.7. The third kappa shape index (κ3) is 5.05. The minimum absolute atomic E-state index is 0.247. The van der Waals surface area contributed by atoms with Crippen molar-refractivity contribution in [3.05, 3.63) is 41.3 Å². The molecule has 0 unspecified atom stereocenters. The van der Waals surface area contributed by atoms with E-state index < -0.39 is 0 Å². The Bertz CT molecular complexity index is 1070. The first-order valence-electron chi connectivity index (χ1n) is 10.4. The molecule has 0 radical (unpaired) electrons. The van der Waals surface area contributed by atoms with Gasteiger partial charge in [-0.15, -0.1) is 0 Å². The Hall–Kier alpha value is -2.93. The molecule has 0 fully saturated rings. The van der Waals surface area contributed by atoms with E-state index in [4.69, 9.17) is 26.1 Å². The topological polar surface area (TPSA) is 77.4 Å². The van der Waals surface area contributed by atoms with Crippen LogP contribution in [0.4, 0.5) is 5.95 Å². The van der Waals surface area contributed by atoms with E-state index in [2.05, 4.69) is 28.7 Å². The van der Waals surface area contributed by atoms with Crippen molar-refractivity contribution in [2.75, 3.05) is 31.7 Å². The molecule has 31 heavy (non-hydrogen) atoms. The van der Waals surface area contributed by atoms with Crippen molar-refractivity contribution in [2.24, 2.45) is 0 Å². The molecule has 0 atom stereocenters. The number of esters is 1. The monoisotopic (exact) mass is 442 g/mol. The molecule has 0 saturated carbocycles.